The second-order valence-corrected chi connectivity index (χ2v) is 7.29. The number of nitrogens with zero attached hydrogens (tertiary/aromatic N) is 5. The highest BCUT2D eigenvalue weighted by Gasteiger charge is 2.18. The van der Waals surface area contributed by atoms with Crippen LogP contribution >= 0.6 is 0 Å². The van der Waals surface area contributed by atoms with E-state index in [1.165, 1.54) is 0 Å². The highest BCUT2D eigenvalue weighted by atomic mass is 19.1. The van der Waals surface area contributed by atoms with Crippen molar-refractivity contribution in [2.45, 2.75) is 26.8 Å². The summed E-state index contributed by atoms with van der Waals surface area (Å²) in [7, 11) is 0. The lowest BCUT2D eigenvalue weighted by Crippen LogP contribution is -2.08. The van der Waals surface area contributed by atoms with Crippen molar-refractivity contribution in [2.75, 3.05) is 5.32 Å². The Morgan fingerprint density at radius 1 is 1.03 bits per heavy atom. The molecule has 3 heterocycles. The Morgan fingerprint density at radius 2 is 1.81 bits per heavy atom. The molecule has 4 aromatic rings. The maximum Gasteiger partial charge on any atom is 0.227 e. The topological polar surface area (TPSA) is 85.6 Å². The number of pyridine rings is 1. The molecular formula is C23H21FN6O. The van der Waals surface area contributed by atoms with Crippen LogP contribution in [0.1, 0.15) is 41.8 Å². The number of nitrogens with one attached hydrogen (secondary N) is 1. The maximum atomic E-state index is 14.5. The molecule has 0 aliphatic heterocycles. The number of ketones is 1. The van der Waals surface area contributed by atoms with E-state index in [-0.39, 0.29) is 23.5 Å². The van der Waals surface area contributed by atoms with Gasteiger partial charge in [-0.2, -0.15) is 0 Å². The Bertz CT molecular complexity index is 1220. The van der Waals surface area contributed by atoms with Crippen LogP contribution in [0.5, 0.6) is 0 Å². The van der Waals surface area contributed by atoms with E-state index in [1.54, 1.807) is 54.9 Å². The lowest BCUT2D eigenvalue weighted by molar-refractivity contribution is 0.103. The number of aromatic nitrogens is 5. The van der Waals surface area contributed by atoms with Crippen LogP contribution in [0.2, 0.25) is 0 Å². The zero-order chi connectivity index (χ0) is 22.0. The van der Waals surface area contributed by atoms with Crippen molar-refractivity contribution in [2.24, 2.45) is 0 Å². The third kappa shape index (κ3) is 4.18. The van der Waals surface area contributed by atoms with Crippen molar-refractivity contribution < 1.29 is 9.18 Å². The summed E-state index contributed by atoms with van der Waals surface area (Å²) >= 11 is 0. The average Bonchev–Trinajstić information content (AvgIpc) is 3.17. The first-order chi connectivity index (χ1) is 14.9. The predicted molar refractivity (Wildman–Crippen MR) is 116 cm³/mol. The highest BCUT2D eigenvalue weighted by molar-refractivity contribution is 6.07. The van der Waals surface area contributed by atoms with E-state index in [2.05, 4.69) is 25.3 Å². The van der Waals surface area contributed by atoms with Gasteiger partial charge in [-0.25, -0.2) is 19.3 Å². The fourth-order valence-corrected chi connectivity index (χ4v) is 3.37. The van der Waals surface area contributed by atoms with E-state index in [4.69, 9.17) is 0 Å². The minimum Gasteiger partial charge on any atom is -0.324 e. The minimum absolute atomic E-state index is 0.104. The molecule has 0 bridgehead atoms. The van der Waals surface area contributed by atoms with E-state index < -0.39 is 5.82 Å². The van der Waals surface area contributed by atoms with Gasteiger partial charge >= 0.3 is 0 Å². The van der Waals surface area contributed by atoms with Gasteiger partial charge in [-0.3, -0.25) is 9.78 Å². The molecule has 0 saturated carbocycles. The standard InChI is InChI=1S/C23H21FN6O/c1-14(2)30-15(3)26-13-20(30)21-18(24)12-27-23(29-21)28-17-9-7-16(8-10-17)22(31)19-6-4-5-11-25-19/h4-14H,1-3H3,(H,27,28,29). The number of hydrogen-bond donors (Lipinski definition) is 1. The number of imidazole rings is 1. The fourth-order valence-electron chi connectivity index (χ4n) is 3.37. The summed E-state index contributed by atoms with van der Waals surface area (Å²) in [5.74, 6) is 0.341. The molecule has 0 aliphatic rings. The summed E-state index contributed by atoms with van der Waals surface area (Å²) in [6.45, 7) is 5.88. The molecule has 0 aliphatic carbocycles. The molecule has 0 fully saturated rings. The van der Waals surface area contributed by atoms with Crippen molar-refractivity contribution >= 4 is 17.4 Å². The first kappa shape index (κ1) is 20.3. The molecule has 3 aromatic heterocycles. The molecule has 0 saturated heterocycles. The maximum absolute atomic E-state index is 14.5. The molecule has 8 heteroatoms. The molecule has 1 aromatic carbocycles. The molecule has 1 N–H and O–H groups in total. The average molecular weight is 416 g/mol. The van der Waals surface area contributed by atoms with Crippen molar-refractivity contribution in [3.63, 3.8) is 0 Å². The Hall–Kier alpha value is -3.94. The number of hydrogen-bond acceptors (Lipinski definition) is 6. The highest BCUT2D eigenvalue weighted by Crippen LogP contribution is 2.26. The molecule has 0 spiro atoms. The number of carbonyl (C=O) groups excluding carboxylic acids is 1. The van der Waals surface area contributed by atoms with Crippen LogP contribution in [0.3, 0.4) is 0 Å². The van der Waals surface area contributed by atoms with Crippen molar-refractivity contribution in [1.82, 2.24) is 24.5 Å². The zero-order valence-electron chi connectivity index (χ0n) is 17.4. The van der Waals surface area contributed by atoms with Crippen LogP contribution in [0.15, 0.2) is 61.1 Å². The van der Waals surface area contributed by atoms with E-state index >= 15 is 0 Å². The van der Waals surface area contributed by atoms with E-state index in [1.807, 2.05) is 25.3 Å². The molecule has 0 unspecified atom stereocenters. The molecule has 4 rings (SSSR count). The van der Waals surface area contributed by atoms with Crippen molar-refractivity contribution in [1.29, 1.82) is 0 Å². The fraction of sp³-hybridized carbons (Fsp3) is 0.174. The Labute approximate surface area is 179 Å². The Morgan fingerprint density at radius 3 is 2.48 bits per heavy atom. The zero-order valence-corrected chi connectivity index (χ0v) is 17.4. The summed E-state index contributed by atoms with van der Waals surface area (Å²) in [6.07, 6.45) is 4.33. The van der Waals surface area contributed by atoms with Crippen LogP contribution < -0.4 is 5.32 Å². The third-order valence-corrected chi connectivity index (χ3v) is 4.79. The van der Waals surface area contributed by atoms with Gasteiger partial charge in [-0.15, -0.1) is 0 Å². The summed E-state index contributed by atoms with van der Waals surface area (Å²) in [5, 5.41) is 3.06. The smallest absolute Gasteiger partial charge is 0.227 e. The molecule has 156 valence electrons. The quantitative estimate of drug-likeness (QED) is 0.457. The van der Waals surface area contributed by atoms with Crippen LogP contribution in [0.4, 0.5) is 16.0 Å². The predicted octanol–water partition coefficient (Wildman–Crippen LogP) is 4.74. The summed E-state index contributed by atoms with van der Waals surface area (Å²) in [4.78, 5) is 29.3. The van der Waals surface area contributed by atoms with E-state index in [9.17, 15) is 9.18 Å². The van der Waals surface area contributed by atoms with Gasteiger partial charge in [-0.1, -0.05) is 6.07 Å². The molecule has 31 heavy (non-hydrogen) atoms. The van der Waals surface area contributed by atoms with Gasteiger partial charge in [0.2, 0.25) is 11.7 Å². The second-order valence-electron chi connectivity index (χ2n) is 7.29. The molecule has 0 amide bonds. The monoisotopic (exact) mass is 416 g/mol. The van der Waals surface area contributed by atoms with Crippen LogP contribution in [0, 0.1) is 12.7 Å². The number of halogens is 1. The summed E-state index contributed by atoms with van der Waals surface area (Å²) < 4.78 is 16.4. The second kappa shape index (κ2) is 8.43. The van der Waals surface area contributed by atoms with Gasteiger partial charge in [0.1, 0.15) is 17.2 Å². The SMILES string of the molecule is Cc1ncc(-c2nc(Nc3ccc(C(=O)c4ccccn4)cc3)ncc2F)n1C(C)C. The molecule has 0 radical (unpaired) electrons. The first-order valence-electron chi connectivity index (χ1n) is 9.83. The number of rotatable bonds is 6. The number of carbonyl (C=O) groups is 1. The molecule has 7 nitrogen and oxygen atoms in total. The number of aryl methyl sites for hydroxylation is 1. The lowest BCUT2D eigenvalue weighted by Gasteiger charge is -2.14. The normalized spacial score (nSPS) is 11.0. The largest absolute Gasteiger partial charge is 0.324 e. The summed E-state index contributed by atoms with van der Waals surface area (Å²) in [6, 6.07) is 12.2. The Kier molecular flexibility index (Phi) is 5.53. The van der Waals surface area contributed by atoms with Crippen molar-refractivity contribution in [3.8, 4) is 11.4 Å². The van der Waals surface area contributed by atoms with Crippen LogP contribution in [0.25, 0.3) is 11.4 Å². The molecule has 0 atom stereocenters. The number of benzene rings is 1. The van der Waals surface area contributed by atoms with Gasteiger partial charge in [-0.05, 0) is 57.2 Å². The minimum atomic E-state index is -0.524. The molecular weight excluding hydrogens is 395 g/mol. The van der Waals surface area contributed by atoms with Gasteiger partial charge in [0.25, 0.3) is 0 Å². The lowest BCUT2D eigenvalue weighted by atomic mass is 10.1. The van der Waals surface area contributed by atoms with Crippen LogP contribution in [-0.4, -0.2) is 30.3 Å². The van der Waals surface area contributed by atoms with Gasteiger partial charge in [0.05, 0.1) is 18.1 Å². The van der Waals surface area contributed by atoms with Gasteiger partial charge in [0.15, 0.2) is 5.82 Å². The Balaban J connectivity index is 1.58. The van der Waals surface area contributed by atoms with Crippen LogP contribution in [-0.2, 0) is 0 Å². The summed E-state index contributed by atoms with van der Waals surface area (Å²) in [5.41, 5.74) is 2.33. The van der Waals surface area contributed by atoms with Gasteiger partial charge < -0.3 is 9.88 Å². The van der Waals surface area contributed by atoms with Gasteiger partial charge in [0, 0.05) is 23.5 Å². The first-order valence-corrected chi connectivity index (χ1v) is 9.83. The third-order valence-electron chi connectivity index (χ3n) is 4.79. The van der Waals surface area contributed by atoms with Crippen molar-refractivity contribution in [3.05, 3.63) is 84.0 Å². The van der Waals surface area contributed by atoms with E-state index in [0.717, 1.165) is 12.0 Å². The van der Waals surface area contributed by atoms with E-state index in [0.29, 0.717) is 22.6 Å². The number of anilines is 2.